The second-order valence-corrected chi connectivity index (χ2v) is 14.0. The zero-order chi connectivity index (χ0) is 32.4. The number of fused-ring (bicyclic) bond motifs is 1. The first kappa shape index (κ1) is 32.5. The summed E-state index contributed by atoms with van der Waals surface area (Å²) in [5, 5.41) is 2.85. The van der Waals surface area contributed by atoms with E-state index in [2.05, 4.69) is 22.6 Å². The van der Waals surface area contributed by atoms with Crippen LogP contribution in [0.4, 0.5) is 0 Å². The van der Waals surface area contributed by atoms with E-state index in [4.69, 9.17) is 42.4 Å². The summed E-state index contributed by atoms with van der Waals surface area (Å²) in [6, 6.07) is 21.7. The molecular formula is C34H25Cl2IN2O5S2. The van der Waals surface area contributed by atoms with Crippen LogP contribution in [-0.2, 0) is 16.1 Å². The number of carbonyl (C=O) groups excluding carboxylic acids is 1. The first-order valence-corrected chi connectivity index (χ1v) is 17.6. The number of thiazole rings is 1. The minimum atomic E-state index is -0.695. The van der Waals surface area contributed by atoms with Crippen LogP contribution in [0.2, 0.25) is 10.0 Å². The number of ether oxygens (including phenoxy) is 3. The number of aromatic nitrogens is 1. The third-order valence-corrected chi connectivity index (χ3v) is 10.6. The second kappa shape index (κ2) is 14.1. The molecule has 0 spiro atoms. The monoisotopic (exact) mass is 802 g/mol. The molecule has 1 aliphatic rings. The van der Waals surface area contributed by atoms with E-state index in [0.29, 0.717) is 42.1 Å². The van der Waals surface area contributed by atoms with Crippen molar-refractivity contribution in [1.29, 1.82) is 0 Å². The first-order valence-electron chi connectivity index (χ1n) is 14.0. The van der Waals surface area contributed by atoms with E-state index >= 15 is 0 Å². The number of halogens is 3. The van der Waals surface area contributed by atoms with Crippen molar-refractivity contribution in [2.45, 2.75) is 19.6 Å². The van der Waals surface area contributed by atoms with Gasteiger partial charge in [-0.15, -0.1) is 11.3 Å². The number of hydrogen-bond donors (Lipinski definition) is 0. The van der Waals surface area contributed by atoms with Crippen LogP contribution in [0.5, 0.6) is 11.5 Å². The van der Waals surface area contributed by atoms with Crippen molar-refractivity contribution in [1.82, 2.24) is 4.57 Å². The second-order valence-electron chi connectivity index (χ2n) is 10.0. The molecule has 0 aliphatic carbocycles. The molecule has 0 saturated heterocycles. The summed E-state index contributed by atoms with van der Waals surface area (Å²) in [4.78, 5) is 33.9. The van der Waals surface area contributed by atoms with Crippen LogP contribution >= 0.6 is 68.5 Å². The molecule has 0 saturated carbocycles. The number of hydrogen-bond acceptors (Lipinski definition) is 8. The van der Waals surface area contributed by atoms with Gasteiger partial charge in [-0.2, -0.15) is 0 Å². The van der Waals surface area contributed by atoms with Gasteiger partial charge in [0.25, 0.3) is 5.56 Å². The van der Waals surface area contributed by atoms with E-state index in [9.17, 15) is 9.59 Å². The minimum absolute atomic E-state index is 0.194. The van der Waals surface area contributed by atoms with Crippen molar-refractivity contribution in [3.63, 3.8) is 0 Å². The Labute approximate surface area is 296 Å². The average molecular weight is 804 g/mol. The van der Waals surface area contributed by atoms with Crippen LogP contribution in [0.1, 0.15) is 34.5 Å². The molecule has 7 nitrogen and oxygen atoms in total. The molecule has 2 aromatic heterocycles. The van der Waals surface area contributed by atoms with Gasteiger partial charge in [-0.1, -0.05) is 77.0 Å². The van der Waals surface area contributed by atoms with Gasteiger partial charge in [-0.3, -0.25) is 9.36 Å². The van der Waals surface area contributed by atoms with Crippen molar-refractivity contribution in [2.24, 2.45) is 4.99 Å². The molecular weight excluding hydrogens is 778 g/mol. The lowest BCUT2D eigenvalue weighted by molar-refractivity contribution is -0.138. The molecule has 234 valence electrons. The lowest BCUT2D eigenvalue weighted by Crippen LogP contribution is -2.39. The Morgan fingerprint density at radius 2 is 1.87 bits per heavy atom. The van der Waals surface area contributed by atoms with Gasteiger partial charge < -0.3 is 14.2 Å². The molecule has 0 amide bonds. The third kappa shape index (κ3) is 6.54. The molecule has 0 bridgehead atoms. The Kier molecular flexibility index (Phi) is 10.00. The molecule has 0 unspecified atom stereocenters. The maximum absolute atomic E-state index is 14.1. The Bertz CT molecular complexity index is 2140. The molecule has 0 fully saturated rings. The van der Waals surface area contributed by atoms with Gasteiger partial charge in [-0.05, 0) is 82.4 Å². The summed E-state index contributed by atoms with van der Waals surface area (Å²) < 4.78 is 20.2. The van der Waals surface area contributed by atoms with Gasteiger partial charge in [0.2, 0.25) is 0 Å². The molecule has 0 N–H and O–H groups in total. The lowest BCUT2D eigenvalue weighted by Gasteiger charge is -2.24. The van der Waals surface area contributed by atoms with E-state index in [1.807, 2.05) is 66.0 Å². The lowest BCUT2D eigenvalue weighted by atomic mass is 9.97. The molecule has 6 rings (SSSR count). The van der Waals surface area contributed by atoms with Crippen molar-refractivity contribution < 1.29 is 19.0 Å². The van der Waals surface area contributed by atoms with Crippen LogP contribution < -0.4 is 24.4 Å². The Hall–Kier alpha value is -3.42. The highest BCUT2D eigenvalue weighted by Gasteiger charge is 2.35. The summed E-state index contributed by atoms with van der Waals surface area (Å²) >= 11 is 17.1. The molecule has 1 aliphatic heterocycles. The molecule has 3 aromatic carbocycles. The zero-order valence-electron chi connectivity index (χ0n) is 24.5. The maximum Gasteiger partial charge on any atom is 0.338 e. The highest BCUT2D eigenvalue weighted by atomic mass is 127. The molecule has 0 radical (unpaired) electrons. The van der Waals surface area contributed by atoms with Crippen LogP contribution in [0.15, 0.2) is 93.5 Å². The van der Waals surface area contributed by atoms with E-state index in [-0.39, 0.29) is 18.8 Å². The highest BCUT2D eigenvalue weighted by molar-refractivity contribution is 14.1. The smallest absolute Gasteiger partial charge is 0.338 e. The topological polar surface area (TPSA) is 79.1 Å². The summed E-state index contributed by atoms with van der Waals surface area (Å²) in [6.07, 6.45) is 1.80. The molecule has 3 heterocycles. The van der Waals surface area contributed by atoms with E-state index in [1.54, 1.807) is 36.8 Å². The number of esters is 1. The molecule has 46 heavy (non-hydrogen) atoms. The third-order valence-electron chi connectivity index (χ3n) is 7.10. The van der Waals surface area contributed by atoms with E-state index < -0.39 is 12.0 Å². The number of thiophene rings is 1. The number of carbonyl (C=O) groups is 1. The molecule has 1 atom stereocenters. The number of rotatable bonds is 9. The van der Waals surface area contributed by atoms with Crippen molar-refractivity contribution in [3.8, 4) is 11.5 Å². The number of methoxy groups -OCH3 is 1. The summed E-state index contributed by atoms with van der Waals surface area (Å²) in [6.45, 7) is 2.21. The Morgan fingerprint density at radius 3 is 2.57 bits per heavy atom. The van der Waals surface area contributed by atoms with Crippen LogP contribution in [-0.4, -0.2) is 24.3 Å². The van der Waals surface area contributed by atoms with Crippen molar-refractivity contribution >= 4 is 86.2 Å². The fraction of sp³-hybridized carbons (Fsp3) is 0.147. The van der Waals surface area contributed by atoms with Crippen molar-refractivity contribution in [2.75, 3.05) is 13.7 Å². The predicted molar refractivity (Wildman–Crippen MR) is 192 cm³/mol. The fourth-order valence-corrected chi connectivity index (χ4v) is 7.98. The quantitative estimate of drug-likeness (QED) is 0.114. The van der Waals surface area contributed by atoms with Gasteiger partial charge in [-0.25, -0.2) is 9.79 Å². The van der Waals surface area contributed by atoms with Gasteiger partial charge in [0, 0.05) is 10.4 Å². The van der Waals surface area contributed by atoms with Crippen LogP contribution in [0, 0.1) is 3.57 Å². The highest BCUT2D eigenvalue weighted by Crippen LogP contribution is 2.38. The summed E-state index contributed by atoms with van der Waals surface area (Å²) in [7, 11) is 1.57. The molecule has 12 heteroatoms. The number of nitrogens with zero attached hydrogens (tertiary/aromatic N) is 2. The van der Waals surface area contributed by atoms with Crippen LogP contribution in [0.3, 0.4) is 0 Å². The number of benzene rings is 3. The van der Waals surface area contributed by atoms with Gasteiger partial charge in [0.1, 0.15) is 12.6 Å². The predicted octanol–water partition coefficient (Wildman–Crippen LogP) is 7.50. The van der Waals surface area contributed by atoms with Crippen LogP contribution in [0.25, 0.3) is 11.8 Å². The van der Waals surface area contributed by atoms with Gasteiger partial charge in [0.15, 0.2) is 16.3 Å². The van der Waals surface area contributed by atoms with Crippen molar-refractivity contribution in [3.05, 3.63) is 139 Å². The first-order chi connectivity index (χ1) is 22.3. The fourth-order valence-electron chi connectivity index (χ4n) is 5.06. The zero-order valence-corrected chi connectivity index (χ0v) is 29.8. The SMILES string of the molecule is CCOC(=O)C1=C(c2ccccc2)N=c2s/c(=C\c3cc(I)c(OCc4ccc(Cl)c(Cl)c4)c(OC)c3)c(=O)n2[C@@H]1c1cccs1. The largest absolute Gasteiger partial charge is 0.493 e. The summed E-state index contributed by atoms with van der Waals surface area (Å²) in [5.41, 5.74) is 2.92. The van der Waals surface area contributed by atoms with Gasteiger partial charge in [0.05, 0.1) is 43.1 Å². The van der Waals surface area contributed by atoms with E-state index in [0.717, 1.165) is 25.1 Å². The Morgan fingerprint density at radius 1 is 1.07 bits per heavy atom. The average Bonchev–Trinajstić information content (AvgIpc) is 3.70. The normalized spacial score (nSPS) is 14.5. The standard InChI is InChI=1S/C34H25Cl2IN2O5S2/c1-3-43-33(41)28-29(21-8-5-4-6-9-21)38-34-39(30(28)26-10-7-13-45-26)32(40)27(46-34)17-20-15-24(37)31(25(16-20)42-2)44-18-19-11-12-22(35)23(36)14-19/h4-17,30H,3,18H2,1-2H3/b27-17-/t30-/m1/s1. The molecule has 5 aromatic rings. The Balaban J connectivity index is 1.45. The minimum Gasteiger partial charge on any atom is -0.493 e. The summed E-state index contributed by atoms with van der Waals surface area (Å²) in [5.74, 6) is 0.573. The van der Waals surface area contributed by atoms with E-state index in [1.165, 1.54) is 22.7 Å². The maximum atomic E-state index is 14.1. The van der Waals surface area contributed by atoms with Gasteiger partial charge >= 0.3 is 5.97 Å².